The number of halogens is 1. The van der Waals surface area contributed by atoms with Crippen LogP contribution in [-0.4, -0.2) is 0 Å². The summed E-state index contributed by atoms with van der Waals surface area (Å²) in [6.07, 6.45) is 0. The minimum Gasteiger partial charge on any atom is -1.00 e. The Hall–Kier alpha value is -0.847. The molecule has 0 aliphatic heterocycles. The van der Waals surface area contributed by atoms with Crippen molar-refractivity contribution in [2.75, 3.05) is 0 Å². The van der Waals surface area contributed by atoms with E-state index in [0.717, 1.165) is 11.5 Å². The summed E-state index contributed by atoms with van der Waals surface area (Å²) >= 11 is 0. The summed E-state index contributed by atoms with van der Waals surface area (Å²) in [6, 6.07) is 20.2. The Kier molecular flexibility index (Phi) is 7.03. The van der Waals surface area contributed by atoms with Crippen molar-refractivity contribution in [3.63, 3.8) is 0 Å². The van der Waals surface area contributed by atoms with Gasteiger partial charge in [-0.3, -0.25) is 0 Å². The topological polar surface area (TPSA) is 9.23 Å². The van der Waals surface area contributed by atoms with Crippen molar-refractivity contribution in [2.24, 2.45) is 0 Å². The molecule has 0 saturated heterocycles. The quantitative estimate of drug-likeness (QED) is 0.712. The van der Waals surface area contributed by atoms with Gasteiger partial charge in [-0.2, -0.15) is 0 Å². The van der Waals surface area contributed by atoms with E-state index < -0.39 is 0 Å². The van der Waals surface area contributed by atoms with Gasteiger partial charge >= 0.3 is 0 Å². The van der Waals surface area contributed by atoms with Gasteiger partial charge in [0.25, 0.3) is 0 Å². The van der Waals surface area contributed by atoms with E-state index in [2.05, 4.69) is 6.07 Å². The van der Waals surface area contributed by atoms with Gasteiger partial charge in [-0.05, 0) is 18.2 Å². The monoisotopic (exact) mass is 268 g/mol. The first-order valence-corrected chi connectivity index (χ1v) is 4.15. The van der Waals surface area contributed by atoms with Gasteiger partial charge in [-0.15, -0.1) is 0 Å². The summed E-state index contributed by atoms with van der Waals surface area (Å²) in [4.78, 5) is 0. The van der Waals surface area contributed by atoms with E-state index >= 15 is 0 Å². The molecule has 0 aromatic heterocycles. The third kappa shape index (κ3) is 4.46. The molecule has 3 heteroatoms. The third-order valence-electron chi connectivity index (χ3n) is 1.65. The Labute approximate surface area is 109 Å². The zero-order valence-electron chi connectivity index (χ0n) is 8.19. The van der Waals surface area contributed by atoms with Crippen LogP contribution in [0.5, 0.6) is 11.5 Å². The second kappa shape index (κ2) is 7.45. The second-order valence-electron chi connectivity index (χ2n) is 2.64. The molecule has 15 heavy (non-hydrogen) atoms. The maximum atomic E-state index is 5.52. The maximum absolute atomic E-state index is 5.52. The predicted molar refractivity (Wildman–Crippen MR) is 51.8 cm³/mol. The van der Waals surface area contributed by atoms with Gasteiger partial charge in [0, 0.05) is 25.5 Å². The molecular formula is C12H9ClOZn-. The second-order valence-corrected chi connectivity index (χ2v) is 2.64. The van der Waals surface area contributed by atoms with E-state index in [0.29, 0.717) is 0 Å². The van der Waals surface area contributed by atoms with Crippen LogP contribution < -0.4 is 17.1 Å². The summed E-state index contributed by atoms with van der Waals surface area (Å²) in [5.74, 6) is 1.58. The molecule has 0 saturated carbocycles. The first-order valence-electron chi connectivity index (χ1n) is 4.15. The number of benzene rings is 2. The zero-order valence-corrected chi connectivity index (χ0v) is 11.9. The molecule has 0 unspecified atom stereocenters. The van der Waals surface area contributed by atoms with E-state index in [1.54, 1.807) is 0 Å². The molecular weight excluding hydrogens is 261 g/mol. The Morgan fingerprint density at radius 3 is 2.13 bits per heavy atom. The van der Waals surface area contributed by atoms with Crippen molar-refractivity contribution in [1.29, 1.82) is 0 Å². The summed E-state index contributed by atoms with van der Waals surface area (Å²) in [6.45, 7) is 0. The fourth-order valence-electron chi connectivity index (χ4n) is 1.06. The average Bonchev–Trinajstić information content (AvgIpc) is 2.21. The predicted octanol–water partition coefficient (Wildman–Crippen LogP) is 0.281. The molecule has 1 nitrogen and oxygen atoms in total. The fourth-order valence-corrected chi connectivity index (χ4v) is 1.06. The van der Waals surface area contributed by atoms with Gasteiger partial charge in [-0.25, -0.2) is 0 Å². The van der Waals surface area contributed by atoms with E-state index in [-0.39, 0.29) is 31.9 Å². The minimum atomic E-state index is 0. The number of hydrogen-bond acceptors (Lipinski definition) is 1. The Bertz CT molecular complexity index is 326. The van der Waals surface area contributed by atoms with Crippen molar-refractivity contribution in [3.05, 3.63) is 60.7 Å². The largest absolute Gasteiger partial charge is 1.00 e. The summed E-state index contributed by atoms with van der Waals surface area (Å²) in [5, 5.41) is 0. The van der Waals surface area contributed by atoms with Gasteiger partial charge in [0.2, 0.25) is 0 Å². The number of ether oxygens (including phenoxy) is 1. The fraction of sp³-hybridized carbons (Fsp3) is 0. The van der Waals surface area contributed by atoms with Crippen LogP contribution in [-0.2, 0) is 19.5 Å². The molecule has 0 fully saturated rings. The molecule has 1 radical (unpaired) electrons. The van der Waals surface area contributed by atoms with Gasteiger partial charge in [0.05, 0.1) is 0 Å². The normalized spacial score (nSPS) is 8.27. The molecule has 0 amide bonds. The van der Waals surface area contributed by atoms with E-state index in [9.17, 15) is 0 Å². The van der Waals surface area contributed by atoms with E-state index in [1.165, 1.54) is 0 Å². The standard InChI is InChI=1S/C12H9O.ClH.Zn/c1-3-7-11(8-4-1)13-12-9-5-2-6-10-12;;/h1-9H;1H;/p-1. The smallest absolute Gasteiger partial charge is 0.135 e. The van der Waals surface area contributed by atoms with E-state index in [4.69, 9.17) is 4.74 Å². The molecule has 0 N–H and O–H groups in total. The van der Waals surface area contributed by atoms with Gasteiger partial charge < -0.3 is 17.1 Å². The number of hydrogen-bond donors (Lipinski definition) is 0. The third-order valence-corrected chi connectivity index (χ3v) is 1.65. The molecule has 0 spiro atoms. The van der Waals surface area contributed by atoms with Crippen LogP contribution in [0.2, 0.25) is 0 Å². The molecule has 0 heterocycles. The molecule has 0 aliphatic carbocycles. The molecule has 2 aromatic rings. The zero-order chi connectivity index (χ0) is 8.93. The first kappa shape index (κ1) is 14.2. The van der Waals surface area contributed by atoms with Crippen LogP contribution in [0, 0.1) is 6.07 Å². The summed E-state index contributed by atoms with van der Waals surface area (Å²) in [7, 11) is 0. The van der Waals surface area contributed by atoms with Gasteiger partial charge in [-0.1, -0.05) is 36.4 Å². The molecule has 0 atom stereocenters. The Morgan fingerprint density at radius 1 is 0.867 bits per heavy atom. The molecule has 73 valence electrons. The van der Waals surface area contributed by atoms with E-state index in [1.807, 2.05) is 54.6 Å². The molecule has 0 aliphatic rings. The van der Waals surface area contributed by atoms with Crippen molar-refractivity contribution < 1.29 is 36.6 Å². The van der Waals surface area contributed by atoms with Gasteiger partial charge in [0.1, 0.15) is 11.5 Å². The number of rotatable bonds is 2. The first-order chi connectivity index (χ1) is 6.45. The van der Waals surface area contributed by atoms with Crippen LogP contribution in [0.4, 0.5) is 0 Å². The Balaban J connectivity index is 0.000000980. The van der Waals surface area contributed by atoms with Crippen molar-refractivity contribution in [1.82, 2.24) is 0 Å². The SMILES string of the molecule is [Cl-].[Zn].[c]1ccccc1Oc1ccccc1. The van der Waals surface area contributed by atoms with Crippen LogP contribution in [0.1, 0.15) is 0 Å². The minimum absolute atomic E-state index is 0. The molecule has 2 aromatic carbocycles. The van der Waals surface area contributed by atoms with Crippen LogP contribution in [0.25, 0.3) is 0 Å². The van der Waals surface area contributed by atoms with Crippen molar-refractivity contribution in [2.45, 2.75) is 0 Å². The van der Waals surface area contributed by atoms with Crippen LogP contribution >= 0.6 is 0 Å². The summed E-state index contributed by atoms with van der Waals surface area (Å²) in [5.41, 5.74) is 0. The van der Waals surface area contributed by atoms with Crippen molar-refractivity contribution in [3.8, 4) is 11.5 Å². The average molecular weight is 270 g/mol. The summed E-state index contributed by atoms with van der Waals surface area (Å²) < 4.78 is 5.52. The van der Waals surface area contributed by atoms with Crippen LogP contribution in [0.3, 0.4) is 0 Å². The maximum Gasteiger partial charge on any atom is 0.135 e. The molecule has 2 rings (SSSR count). The van der Waals surface area contributed by atoms with Gasteiger partial charge in [0.15, 0.2) is 0 Å². The Morgan fingerprint density at radius 2 is 1.53 bits per heavy atom. The van der Waals surface area contributed by atoms with Crippen LogP contribution in [0.15, 0.2) is 54.6 Å². The van der Waals surface area contributed by atoms with Crippen molar-refractivity contribution >= 4 is 0 Å². The number of para-hydroxylation sites is 2. The molecule has 0 bridgehead atoms.